The van der Waals surface area contributed by atoms with Gasteiger partial charge < -0.3 is 9.29 Å². The van der Waals surface area contributed by atoms with Crippen LogP contribution in [0.5, 0.6) is 0 Å². The van der Waals surface area contributed by atoms with E-state index in [1.165, 1.54) is 4.90 Å². The smallest absolute Gasteiger partial charge is 0.724 e. The summed E-state index contributed by atoms with van der Waals surface area (Å²) in [5, 5.41) is 0.511. The second kappa shape index (κ2) is 6.01. The van der Waals surface area contributed by atoms with Crippen LogP contribution in [-0.2, 0) is 24.2 Å². The first-order chi connectivity index (χ1) is 8.99. The SMILES string of the molecule is CC(C)(C)OC(=O)N1CCC2C1C(=O)N2OS(=O)(=O)[O-].[Na+]. The minimum Gasteiger partial charge on any atom is -0.724 e. The van der Waals surface area contributed by atoms with Gasteiger partial charge in [0.1, 0.15) is 11.6 Å². The van der Waals surface area contributed by atoms with Crippen molar-refractivity contribution in [2.45, 2.75) is 44.9 Å². The molecule has 2 aliphatic rings. The van der Waals surface area contributed by atoms with E-state index in [1.807, 2.05) is 0 Å². The maximum atomic E-state index is 11.9. The van der Waals surface area contributed by atoms with E-state index in [2.05, 4.69) is 4.28 Å². The van der Waals surface area contributed by atoms with Crippen LogP contribution in [0.25, 0.3) is 0 Å². The summed E-state index contributed by atoms with van der Waals surface area (Å²) >= 11 is 0. The summed E-state index contributed by atoms with van der Waals surface area (Å²) in [5.74, 6) is -0.738. The third-order valence-electron chi connectivity index (χ3n) is 2.94. The predicted molar refractivity (Wildman–Crippen MR) is 62.8 cm³/mol. The number of rotatable bonds is 2. The third kappa shape index (κ3) is 4.08. The van der Waals surface area contributed by atoms with Gasteiger partial charge >= 0.3 is 35.7 Å². The standard InChI is InChI=1S/C10H16N2O7S.Na/c1-10(2,3)18-9(14)11-5-4-6-7(11)8(13)12(6)19-20(15,16)17;/h6-7H,4-5H2,1-3H3,(H,15,16,17);/q;+1/p-1. The molecule has 2 heterocycles. The summed E-state index contributed by atoms with van der Waals surface area (Å²) in [4.78, 5) is 24.9. The zero-order chi connectivity index (χ0) is 15.3. The van der Waals surface area contributed by atoms with Crippen molar-refractivity contribution < 1.29 is 61.1 Å². The fourth-order valence-electron chi connectivity index (χ4n) is 2.25. The van der Waals surface area contributed by atoms with Gasteiger partial charge in [0.25, 0.3) is 5.91 Å². The van der Waals surface area contributed by atoms with E-state index < -0.39 is 40.1 Å². The average molecular weight is 330 g/mol. The van der Waals surface area contributed by atoms with E-state index >= 15 is 0 Å². The van der Waals surface area contributed by atoms with Crippen LogP contribution in [0.4, 0.5) is 4.79 Å². The van der Waals surface area contributed by atoms with Crippen molar-refractivity contribution in [2.24, 2.45) is 0 Å². The Labute approximate surface area is 144 Å². The Hall–Kier alpha value is -0.390. The number of fused-ring (bicyclic) bond motifs is 1. The zero-order valence-corrected chi connectivity index (χ0v) is 15.0. The minimum atomic E-state index is -5.00. The van der Waals surface area contributed by atoms with Crippen LogP contribution in [0.2, 0.25) is 0 Å². The number of likely N-dealkylation sites (tertiary alicyclic amines) is 1. The van der Waals surface area contributed by atoms with Gasteiger partial charge in [-0.15, -0.1) is 0 Å². The normalized spacial score (nSPS) is 25.0. The number of carbonyl (C=O) groups is 2. The number of ether oxygens (including phenoxy) is 1. The fourth-order valence-corrected chi connectivity index (χ4v) is 2.63. The van der Waals surface area contributed by atoms with E-state index in [4.69, 9.17) is 4.74 Å². The van der Waals surface area contributed by atoms with Crippen LogP contribution in [0.15, 0.2) is 0 Å². The first kappa shape index (κ1) is 18.7. The van der Waals surface area contributed by atoms with E-state index in [0.29, 0.717) is 11.5 Å². The van der Waals surface area contributed by atoms with Gasteiger partial charge in [-0.3, -0.25) is 9.69 Å². The summed E-state index contributed by atoms with van der Waals surface area (Å²) in [6.07, 6.45) is -0.325. The van der Waals surface area contributed by atoms with E-state index in [-0.39, 0.29) is 36.1 Å². The fraction of sp³-hybridized carbons (Fsp3) is 0.800. The Kier molecular flexibility index (Phi) is 5.34. The molecule has 21 heavy (non-hydrogen) atoms. The molecule has 0 saturated carbocycles. The molecule has 0 aromatic rings. The van der Waals surface area contributed by atoms with Gasteiger partial charge in [0, 0.05) is 6.54 Å². The topological polar surface area (TPSA) is 116 Å². The van der Waals surface area contributed by atoms with Gasteiger partial charge in [0.2, 0.25) is 10.4 Å². The first-order valence-electron chi connectivity index (χ1n) is 5.98. The van der Waals surface area contributed by atoms with E-state index in [0.717, 1.165) is 0 Å². The van der Waals surface area contributed by atoms with Crippen molar-refractivity contribution in [1.82, 2.24) is 9.96 Å². The van der Waals surface area contributed by atoms with Crippen LogP contribution in [0, 0.1) is 0 Å². The van der Waals surface area contributed by atoms with Gasteiger partial charge in [-0.25, -0.2) is 13.2 Å². The van der Waals surface area contributed by atoms with Gasteiger partial charge in [-0.2, -0.15) is 9.35 Å². The molecule has 11 heteroatoms. The Morgan fingerprint density at radius 1 is 1.38 bits per heavy atom. The molecule has 0 aromatic heterocycles. The Balaban J connectivity index is 0.00000220. The molecule has 2 fully saturated rings. The molecule has 2 amide bonds. The number of hydrogen-bond acceptors (Lipinski definition) is 7. The quantitative estimate of drug-likeness (QED) is 0.224. The second-order valence-corrected chi connectivity index (χ2v) is 6.59. The Bertz CT molecular complexity index is 544. The monoisotopic (exact) mass is 330 g/mol. The largest absolute Gasteiger partial charge is 1.00 e. The number of nitrogens with zero attached hydrogens (tertiary/aromatic N) is 2. The number of hydroxylamine groups is 2. The summed E-state index contributed by atoms with van der Waals surface area (Å²) in [6, 6.07) is -1.45. The summed E-state index contributed by atoms with van der Waals surface area (Å²) in [5.41, 5.74) is -0.698. The molecule has 2 aliphatic heterocycles. The van der Waals surface area contributed by atoms with Crippen molar-refractivity contribution in [1.29, 1.82) is 0 Å². The molecule has 2 saturated heterocycles. The summed E-state index contributed by atoms with van der Waals surface area (Å²) < 4.78 is 40.7. The van der Waals surface area contributed by atoms with Crippen LogP contribution >= 0.6 is 0 Å². The average Bonchev–Trinajstić information content (AvgIpc) is 2.62. The van der Waals surface area contributed by atoms with Crippen LogP contribution in [0.1, 0.15) is 27.2 Å². The van der Waals surface area contributed by atoms with Crippen LogP contribution < -0.4 is 29.6 Å². The number of carbonyl (C=O) groups excluding carboxylic acids is 2. The number of amides is 2. The van der Waals surface area contributed by atoms with Crippen molar-refractivity contribution in [3.05, 3.63) is 0 Å². The maximum absolute atomic E-state index is 11.9. The summed E-state index contributed by atoms with van der Waals surface area (Å²) in [6.45, 7) is 5.32. The molecule has 2 rings (SSSR count). The molecule has 0 radical (unpaired) electrons. The van der Waals surface area contributed by atoms with Gasteiger partial charge in [0.05, 0.1) is 6.04 Å². The van der Waals surface area contributed by atoms with Crippen LogP contribution in [0.3, 0.4) is 0 Å². The van der Waals surface area contributed by atoms with Crippen molar-refractivity contribution in [2.75, 3.05) is 6.54 Å². The van der Waals surface area contributed by atoms with Crippen LogP contribution in [-0.4, -0.2) is 59.2 Å². The molecular formula is C10H15N2NaO7S. The molecule has 0 bridgehead atoms. The Morgan fingerprint density at radius 3 is 2.43 bits per heavy atom. The van der Waals surface area contributed by atoms with Crippen molar-refractivity contribution >= 4 is 22.4 Å². The molecule has 0 aromatic carbocycles. The number of β-lactam (4-membered cyclic amide) rings is 1. The molecule has 0 N–H and O–H groups in total. The summed E-state index contributed by atoms with van der Waals surface area (Å²) in [7, 11) is -5.00. The molecular weight excluding hydrogens is 315 g/mol. The van der Waals surface area contributed by atoms with E-state index in [1.54, 1.807) is 20.8 Å². The first-order valence-corrected chi connectivity index (χ1v) is 7.31. The Morgan fingerprint density at radius 2 is 1.95 bits per heavy atom. The molecule has 2 atom stereocenters. The molecule has 9 nitrogen and oxygen atoms in total. The van der Waals surface area contributed by atoms with Gasteiger partial charge in [0.15, 0.2) is 0 Å². The number of hydrogen-bond donors (Lipinski definition) is 0. The molecule has 0 spiro atoms. The van der Waals surface area contributed by atoms with Gasteiger partial charge in [-0.05, 0) is 27.2 Å². The predicted octanol–water partition coefficient (Wildman–Crippen LogP) is -3.40. The molecule has 114 valence electrons. The van der Waals surface area contributed by atoms with E-state index in [9.17, 15) is 22.6 Å². The van der Waals surface area contributed by atoms with Gasteiger partial charge in [-0.1, -0.05) is 0 Å². The third-order valence-corrected chi connectivity index (χ3v) is 3.28. The molecule has 0 aliphatic carbocycles. The minimum absolute atomic E-state index is 0. The zero-order valence-electron chi connectivity index (χ0n) is 12.2. The van der Waals surface area contributed by atoms with Crippen molar-refractivity contribution in [3.63, 3.8) is 0 Å². The second-order valence-electron chi connectivity index (χ2n) is 5.62. The van der Waals surface area contributed by atoms with Crippen molar-refractivity contribution in [3.8, 4) is 0 Å². The maximum Gasteiger partial charge on any atom is 1.00 e. The molecule has 2 unspecified atom stereocenters.